The molecule has 2 aromatic heterocycles. The SMILES string of the molecule is N#CCCCCCCn1c(CN2CCC(Oc3ccc(F)c(COc4ccc(Cl)cc4F)n3)CC2)nc2ccc(CC(=O)O)cc21. The number of ether oxygens (including phenoxy) is 2. The zero-order valence-electron chi connectivity index (χ0n) is 25.4. The summed E-state index contributed by atoms with van der Waals surface area (Å²) < 4.78 is 42.3. The van der Waals surface area contributed by atoms with Gasteiger partial charge in [0.1, 0.15) is 30.0 Å². The number of piperidine rings is 1. The summed E-state index contributed by atoms with van der Waals surface area (Å²) >= 11 is 5.79. The number of rotatable bonds is 15. The fourth-order valence-corrected chi connectivity index (χ4v) is 5.78. The van der Waals surface area contributed by atoms with Gasteiger partial charge < -0.3 is 19.1 Å². The van der Waals surface area contributed by atoms with Gasteiger partial charge in [0, 0.05) is 37.1 Å². The largest absolute Gasteiger partial charge is 0.484 e. The van der Waals surface area contributed by atoms with Gasteiger partial charge in [0.15, 0.2) is 11.6 Å². The Bertz CT molecular complexity index is 1700. The van der Waals surface area contributed by atoms with Crippen LogP contribution in [0.15, 0.2) is 48.5 Å². The third-order valence-corrected chi connectivity index (χ3v) is 8.24. The Morgan fingerprint density at radius 2 is 1.83 bits per heavy atom. The minimum atomic E-state index is -0.873. The van der Waals surface area contributed by atoms with Crippen molar-refractivity contribution in [2.45, 2.75) is 77.2 Å². The molecule has 0 aliphatic carbocycles. The van der Waals surface area contributed by atoms with Crippen LogP contribution in [0.1, 0.15) is 62.0 Å². The van der Waals surface area contributed by atoms with Crippen molar-refractivity contribution >= 4 is 28.6 Å². The molecule has 242 valence electrons. The van der Waals surface area contributed by atoms with Gasteiger partial charge in [0.2, 0.25) is 5.88 Å². The van der Waals surface area contributed by atoms with E-state index in [9.17, 15) is 18.7 Å². The van der Waals surface area contributed by atoms with Crippen molar-refractivity contribution < 1.29 is 28.2 Å². The Morgan fingerprint density at radius 3 is 2.59 bits per heavy atom. The fraction of sp³-hybridized carbons (Fsp3) is 0.412. The standard InChI is InChI=1S/C34H36ClF2N5O4/c35-24-7-10-31(27(37)20-24)45-22-29-26(36)8-11-33(40-29)46-25-12-16-41(17-13-25)21-32-39-28-9-6-23(19-34(43)44)18-30(28)42(32)15-5-3-1-2-4-14-38/h6-11,18,20,25H,1-5,12-13,15-17,19,21-22H2,(H,43,44). The van der Waals surface area contributed by atoms with E-state index < -0.39 is 17.6 Å². The summed E-state index contributed by atoms with van der Waals surface area (Å²) in [7, 11) is 0. The molecule has 3 heterocycles. The number of benzene rings is 2. The normalized spacial score (nSPS) is 14.0. The average Bonchev–Trinajstić information content (AvgIpc) is 3.36. The monoisotopic (exact) mass is 651 g/mol. The second-order valence-corrected chi connectivity index (χ2v) is 11.9. The van der Waals surface area contributed by atoms with E-state index in [-0.39, 0.29) is 41.5 Å². The van der Waals surface area contributed by atoms with Crippen molar-refractivity contribution in [2.75, 3.05) is 13.1 Å². The first-order valence-corrected chi connectivity index (χ1v) is 15.9. The lowest BCUT2D eigenvalue weighted by atomic mass is 10.1. The number of aromatic nitrogens is 3. The van der Waals surface area contributed by atoms with E-state index in [0.717, 1.165) is 86.6 Å². The van der Waals surface area contributed by atoms with E-state index in [1.54, 1.807) is 0 Å². The van der Waals surface area contributed by atoms with Crippen molar-refractivity contribution in [3.63, 3.8) is 0 Å². The van der Waals surface area contributed by atoms with Crippen LogP contribution in [-0.2, 0) is 30.9 Å². The molecule has 4 aromatic rings. The summed E-state index contributed by atoms with van der Waals surface area (Å²) in [6.07, 6.45) is 5.71. The van der Waals surface area contributed by atoms with Crippen LogP contribution in [0.4, 0.5) is 8.78 Å². The zero-order chi connectivity index (χ0) is 32.5. The molecular weight excluding hydrogens is 616 g/mol. The van der Waals surface area contributed by atoms with Crippen molar-refractivity contribution in [1.82, 2.24) is 19.4 Å². The van der Waals surface area contributed by atoms with Gasteiger partial charge in [0.25, 0.3) is 0 Å². The summed E-state index contributed by atoms with van der Waals surface area (Å²) in [6.45, 7) is 2.67. The number of carboxylic acid groups (broad SMARTS) is 1. The summed E-state index contributed by atoms with van der Waals surface area (Å²) in [5, 5.41) is 18.3. The first-order chi connectivity index (χ1) is 22.3. The van der Waals surface area contributed by atoms with Crippen LogP contribution in [0.2, 0.25) is 5.02 Å². The van der Waals surface area contributed by atoms with Crippen molar-refractivity contribution in [3.8, 4) is 17.7 Å². The van der Waals surface area contributed by atoms with Gasteiger partial charge >= 0.3 is 5.97 Å². The average molecular weight is 652 g/mol. The minimum Gasteiger partial charge on any atom is -0.484 e. The molecule has 5 rings (SSSR count). The number of nitrogens with zero attached hydrogens (tertiary/aromatic N) is 5. The lowest BCUT2D eigenvalue weighted by Crippen LogP contribution is -2.38. The summed E-state index contributed by atoms with van der Waals surface area (Å²) in [5.41, 5.74) is 2.53. The third-order valence-electron chi connectivity index (χ3n) is 8.01. The summed E-state index contributed by atoms with van der Waals surface area (Å²) in [5.74, 6) is -0.921. The highest BCUT2D eigenvalue weighted by molar-refractivity contribution is 6.30. The predicted molar refractivity (Wildman–Crippen MR) is 169 cm³/mol. The number of fused-ring (bicyclic) bond motifs is 1. The van der Waals surface area contributed by atoms with E-state index in [4.69, 9.17) is 31.3 Å². The Balaban J connectivity index is 1.19. The topological polar surface area (TPSA) is 114 Å². The number of unbranched alkanes of at least 4 members (excludes halogenated alkanes) is 4. The van der Waals surface area contributed by atoms with Gasteiger partial charge in [-0.25, -0.2) is 18.7 Å². The number of aryl methyl sites for hydroxylation is 1. The Kier molecular flexibility index (Phi) is 11.4. The quantitative estimate of drug-likeness (QED) is 0.136. The lowest BCUT2D eigenvalue weighted by Gasteiger charge is -2.31. The van der Waals surface area contributed by atoms with E-state index in [1.807, 2.05) is 18.2 Å². The van der Waals surface area contributed by atoms with Crippen LogP contribution >= 0.6 is 11.6 Å². The molecule has 1 fully saturated rings. The molecule has 1 aliphatic heterocycles. The summed E-state index contributed by atoms with van der Waals surface area (Å²) in [4.78, 5) is 22.8. The number of imidazole rings is 1. The van der Waals surface area contributed by atoms with Gasteiger partial charge in [-0.15, -0.1) is 0 Å². The number of pyridine rings is 1. The zero-order valence-corrected chi connectivity index (χ0v) is 26.2. The van der Waals surface area contributed by atoms with Crippen LogP contribution in [0.5, 0.6) is 11.6 Å². The molecule has 2 aromatic carbocycles. The molecule has 0 saturated carbocycles. The Labute approximate surface area is 271 Å². The molecule has 1 saturated heterocycles. The number of carbonyl (C=O) groups is 1. The molecule has 9 nitrogen and oxygen atoms in total. The highest BCUT2D eigenvalue weighted by Gasteiger charge is 2.24. The highest BCUT2D eigenvalue weighted by atomic mass is 35.5. The Hall–Kier alpha value is -4.27. The smallest absolute Gasteiger partial charge is 0.307 e. The van der Waals surface area contributed by atoms with E-state index in [0.29, 0.717) is 13.0 Å². The number of hydrogen-bond acceptors (Lipinski definition) is 7. The van der Waals surface area contributed by atoms with E-state index in [2.05, 4.69) is 20.5 Å². The van der Waals surface area contributed by atoms with Gasteiger partial charge in [-0.2, -0.15) is 5.26 Å². The first kappa shape index (κ1) is 33.1. The molecule has 0 amide bonds. The molecular formula is C34H36ClF2N5O4. The molecule has 0 spiro atoms. The van der Waals surface area contributed by atoms with Gasteiger partial charge in [-0.05, 0) is 67.6 Å². The molecule has 1 N–H and O–H groups in total. The number of carboxylic acids is 1. The van der Waals surface area contributed by atoms with Crippen LogP contribution in [-0.4, -0.2) is 49.7 Å². The second kappa shape index (κ2) is 15.8. The summed E-state index contributed by atoms with van der Waals surface area (Å²) in [6, 6.07) is 14.6. The maximum atomic E-state index is 14.4. The van der Waals surface area contributed by atoms with Crippen LogP contribution in [0.25, 0.3) is 11.0 Å². The first-order valence-electron chi connectivity index (χ1n) is 15.5. The molecule has 46 heavy (non-hydrogen) atoms. The van der Waals surface area contributed by atoms with E-state index >= 15 is 0 Å². The molecule has 0 bridgehead atoms. The van der Waals surface area contributed by atoms with Crippen LogP contribution in [0, 0.1) is 23.0 Å². The number of likely N-dealkylation sites (tertiary alicyclic amines) is 1. The van der Waals surface area contributed by atoms with Gasteiger partial charge in [0.05, 0.1) is 30.1 Å². The van der Waals surface area contributed by atoms with Crippen molar-refractivity contribution in [2.24, 2.45) is 0 Å². The lowest BCUT2D eigenvalue weighted by molar-refractivity contribution is -0.136. The van der Waals surface area contributed by atoms with Crippen LogP contribution < -0.4 is 9.47 Å². The van der Waals surface area contributed by atoms with Crippen LogP contribution in [0.3, 0.4) is 0 Å². The highest BCUT2D eigenvalue weighted by Crippen LogP contribution is 2.25. The number of hydrogen-bond donors (Lipinski definition) is 1. The number of halogens is 3. The maximum Gasteiger partial charge on any atom is 0.307 e. The van der Waals surface area contributed by atoms with Crippen molar-refractivity contribution in [1.29, 1.82) is 5.26 Å². The van der Waals surface area contributed by atoms with Gasteiger partial charge in [-0.3, -0.25) is 9.69 Å². The second-order valence-electron chi connectivity index (χ2n) is 11.4. The maximum absolute atomic E-state index is 14.4. The molecule has 1 aliphatic rings. The van der Waals surface area contributed by atoms with Crippen molar-refractivity contribution in [3.05, 3.63) is 82.3 Å². The third kappa shape index (κ3) is 8.92. The predicted octanol–water partition coefficient (Wildman–Crippen LogP) is 7.09. The number of aliphatic carboxylic acids is 1. The fourth-order valence-electron chi connectivity index (χ4n) is 5.63. The molecule has 0 radical (unpaired) electrons. The molecule has 0 unspecified atom stereocenters. The van der Waals surface area contributed by atoms with Gasteiger partial charge in [-0.1, -0.05) is 30.5 Å². The molecule has 0 atom stereocenters. The van der Waals surface area contributed by atoms with E-state index in [1.165, 1.54) is 24.3 Å². The molecule has 12 heteroatoms. The number of nitriles is 1. The Morgan fingerprint density at radius 1 is 1.02 bits per heavy atom. The minimum absolute atomic E-state index is 0.0137.